The fourth-order valence-corrected chi connectivity index (χ4v) is 1.78. The molecule has 3 heteroatoms. The number of carbonyl (C=O) groups is 2. The molecule has 0 aliphatic carbocycles. The molecule has 1 aliphatic rings. The second-order valence-corrected chi connectivity index (χ2v) is 3.95. The SMILES string of the molecule is Cc1ccc(C2CC(=O)CC(=O)N2)cc1. The molecule has 0 saturated carbocycles. The molecule has 1 aromatic rings. The summed E-state index contributed by atoms with van der Waals surface area (Å²) in [6, 6.07) is 7.75. The van der Waals surface area contributed by atoms with Crippen LogP contribution in [0.5, 0.6) is 0 Å². The van der Waals surface area contributed by atoms with Crippen molar-refractivity contribution < 1.29 is 9.59 Å². The van der Waals surface area contributed by atoms with Crippen LogP contribution in [0.2, 0.25) is 0 Å². The highest BCUT2D eigenvalue weighted by atomic mass is 16.2. The average molecular weight is 203 g/mol. The van der Waals surface area contributed by atoms with Crippen molar-refractivity contribution in [2.45, 2.75) is 25.8 Å². The summed E-state index contributed by atoms with van der Waals surface area (Å²) in [6.07, 6.45) is 0.442. The predicted octanol–water partition coefficient (Wildman–Crippen LogP) is 1.52. The molecule has 1 N–H and O–H groups in total. The molecule has 3 nitrogen and oxygen atoms in total. The van der Waals surface area contributed by atoms with Crippen molar-refractivity contribution in [3.63, 3.8) is 0 Å². The van der Waals surface area contributed by atoms with Crippen molar-refractivity contribution in [1.29, 1.82) is 0 Å². The lowest BCUT2D eigenvalue weighted by Crippen LogP contribution is -2.36. The van der Waals surface area contributed by atoms with Crippen LogP contribution in [0.1, 0.15) is 30.0 Å². The predicted molar refractivity (Wildman–Crippen MR) is 56.3 cm³/mol. The van der Waals surface area contributed by atoms with Crippen LogP contribution in [-0.4, -0.2) is 11.7 Å². The van der Waals surface area contributed by atoms with Gasteiger partial charge in [0, 0.05) is 6.42 Å². The smallest absolute Gasteiger partial charge is 0.227 e. The fraction of sp³-hybridized carbons (Fsp3) is 0.333. The Morgan fingerprint density at radius 2 is 1.87 bits per heavy atom. The van der Waals surface area contributed by atoms with Gasteiger partial charge in [0.15, 0.2) is 0 Å². The number of hydrogen-bond donors (Lipinski definition) is 1. The van der Waals surface area contributed by atoms with Gasteiger partial charge in [-0.3, -0.25) is 9.59 Å². The first-order valence-corrected chi connectivity index (χ1v) is 5.03. The summed E-state index contributed by atoms with van der Waals surface area (Å²) >= 11 is 0. The van der Waals surface area contributed by atoms with Crippen molar-refractivity contribution in [2.75, 3.05) is 0 Å². The van der Waals surface area contributed by atoms with E-state index < -0.39 is 0 Å². The standard InChI is InChI=1S/C12H13NO2/c1-8-2-4-9(5-3-8)11-6-10(14)7-12(15)13-11/h2-5,11H,6-7H2,1H3,(H,13,15). The van der Waals surface area contributed by atoms with Gasteiger partial charge in [-0.05, 0) is 12.5 Å². The van der Waals surface area contributed by atoms with Crippen LogP contribution >= 0.6 is 0 Å². The molecule has 1 aliphatic heterocycles. The third-order valence-corrected chi connectivity index (χ3v) is 2.60. The van der Waals surface area contributed by atoms with Gasteiger partial charge in [0.05, 0.1) is 12.5 Å². The quantitative estimate of drug-likeness (QED) is 0.703. The largest absolute Gasteiger partial charge is 0.348 e. The highest BCUT2D eigenvalue weighted by Crippen LogP contribution is 2.21. The Kier molecular flexibility index (Phi) is 2.54. The second-order valence-electron chi connectivity index (χ2n) is 3.95. The number of benzene rings is 1. The Morgan fingerprint density at radius 1 is 1.20 bits per heavy atom. The van der Waals surface area contributed by atoms with Crippen LogP contribution < -0.4 is 5.32 Å². The number of piperidine rings is 1. The van der Waals surface area contributed by atoms with Crippen molar-refractivity contribution in [3.05, 3.63) is 35.4 Å². The minimum Gasteiger partial charge on any atom is -0.348 e. The van der Waals surface area contributed by atoms with E-state index >= 15 is 0 Å². The fourth-order valence-electron chi connectivity index (χ4n) is 1.78. The number of aryl methyl sites for hydroxylation is 1. The summed E-state index contributed by atoms with van der Waals surface area (Å²) in [5, 5.41) is 2.82. The van der Waals surface area contributed by atoms with Gasteiger partial charge in [0.2, 0.25) is 5.91 Å². The molecule has 1 atom stereocenters. The van der Waals surface area contributed by atoms with Crippen LogP contribution in [0, 0.1) is 6.92 Å². The van der Waals surface area contributed by atoms with Gasteiger partial charge < -0.3 is 5.32 Å². The molecule has 0 aromatic heterocycles. The maximum atomic E-state index is 11.3. The highest BCUT2D eigenvalue weighted by molar-refractivity contribution is 6.00. The van der Waals surface area contributed by atoms with E-state index in [-0.39, 0.29) is 24.2 Å². The van der Waals surface area contributed by atoms with E-state index in [4.69, 9.17) is 0 Å². The first-order valence-electron chi connectivity index (χ1n) is 5.03. The maximum Gasteiger partial charge on any atom is 0.227 e. The van der Waals surface area contributed by atoms with Crippen molar-refractivity contribution >= 4 is 11.7 Å². The van der Waals surface area contributed by atoms with Crippen molar-refractivity contribution in [2.24, 2.45) is 0 Å². The van der Waals surface area contributed by atoms with E-state index in [1.54, 1.807) is 0 Å². The van der Waals surface area contributed by atoms with Gasteiger partial charge in [0.1, 0.15) is 5.78 Å². The zero-order valence-corrected chi connectivity index (χ0v) is 8.62. The van der Waals surface area contributed by atoms with E-state index in [1.807, 2.05) is 31.2 Å². The van der Waals surface area contributed by atoms with Crippen LogP contribution in [0.15, 0.2) is 24.3 Å². The van der Waals surface area contributed by atoms with E-state index in [1.165, 1.54) is 5.56 Å². The first kappa shape index (κ1) is 9.90. The number of nitrogens with one attached hydrogen (secondary N) is 1. The Balaban J connectivity index is 2.19. The van der Waals surface area contributed by atoms with E-state index in [0.717, 1.165) is 5.56 Å². The van der Waals surface area contributed by atoms with Gasteiger partial charge in [-0.25, -0.2) is 0 Å². The van der Waals surface area contributed by atoms with Gasteiger partial charge in [-0.2, -0.15) is 0 Å². The molecule has 1 fully saturated rings. The lowest BCUT2D eigenvalue weighted by Gasteiger charge is -2.22. The molecule has 0 bridgehead atoms. The summed E-state index contributed by atoms with van der Waals surface area (Å²) in [7, 11) is 0. The van der Waals surface area contributed by atoms with Gasteiger partial charge in [-0.15, -0.1) is 0 Å². The Labute approximate surface area is 88.5 Å². The van der Waals surface area contributed by atoms with Crippen LogP contribution in [-0.2, 0) is 9.59 Å². The number of amides is 1. The van der Waals surface area contributed by atoms with E-state index in [2.05, 4.69) is 5.32 Å². The van der Waals surface area contributed by atoms with Gasteiger partial charge in [-0.1, -0.05) is 29.8 Å². The number of hydrogen-bond acceptors (Lipinski definition) is 2. The molecular formula is C12H13NO2. The van der Waals surface area contributed by atoms with Gasteiger partial charge in [0.25, 0.3) is 0 Å². The van der Waals surface area contributed by atoms with Crippen molar-refractivity contribution in [1.82, 2.24) is 5.32 Å². The van der Waals surface area contributed by atoms with Crippen LogP contribution in [0.4, 0.5) is 0 Å². The summed E-state index contributed by atoms with van der Waals surface area (Å²) in [5.74, 6) is -0.152. The summed E-state index contributed by atoms with van der Waals surface area (Å²) in [4.78, 5) is 22.5. The molecular weight excluding hydrogens is 190 g/mol. The second kappa shape index (κ2) is 3.85. The zero-order chi connectivity index (χ0) is 10.8. The number of ketones is 1. The average Bonchev–Trinajstić information content (AvgIpc) is 2.17. The topological polar surface area (TPSA) is 46.2 Å². The van der Waals surface area contributed by atoms with Crippen LogP contribution in [0.25, 0.3) is 0 Å². The first-order chi connectivity index (χ1) is 7.15. The minimum atomic E-state index is -0.170. The van der Waals surface area contributed by atoms with Crippen LogP contribution in [0.3, 0.4) is 0 Å². The van der Waals surface area contributed by atoms with Crippen molar-refractivity contribution in [3.8, 4) is 0 Å². The van der Waals surface area contributed by atoms with E-state index in [0.29, 0.717) is 6.42 Å². The lowest BCUT2D eigenvalue weighted by molar-refractivity contribution is -0.132. The molecule has 1 aromatic carbocycles. The molecule has 0 spiro atoms. The molecule has 78 valence electrons. The zero-order valence-electron chi connectivity index (χ0n) is 8.62. The molecule has 1 heterocycles. The lowest BCUT2D eigenvalue weighted by atomic mass is 9.96. The summed E-state index contributed by atoms with van der Waals surface area (Å²) in [6.45, 7) is 2.01. The van der Waals surface area contributed by atoms with Gasteiger partial charge >= 0.3 is 0 Å². The third kappa shape index (κ3) is 2.24. The molecule has 1 amide bonds. The Morgan fingerprint density at radius 3 is 2.47 bits per heavy atom. The number of carbonyl (C=O) groups excluding carboxylic acids is 2. The summed E-state index contributed by atoms with van der Waals surface area (Å²) in [5.41, 5.74) is 2.18. The third-order valence-electron chi connectivity index (χ3n) is 2.60. The molecule has 1 unspecified atom stereocenters. The minimum absolute atomic E-state index is 0.0179. The number of Topliss-reactive ketones (excluding diaryl/α,β-unsaturated/α-hetero) is 1. The molecule has 2 rings (SSSR count). The molecule has 15 heavy (non-hydrogen) atoms. The maximum absolute atomic E-state index is 11.3. The molecule has 0 radical (unpaired) electrons. The molecule has 1 saturated heterocycles. The Bertz CT molecular complexity index is 379. The number of rotatable bonds is 1. The summed E-state index contributed by atoms with van der Waals surface area (Å²) < 4.78 is 0. The monoisotopic (exact) mass is 203 g/mol. The Hall–Kier alpha value is -1.64. The highest BCUT2D eigenvalue weighted by Gasteiger charge is 2.25. The van der Waals surface area contributed by atoms with E-state index in [9.17, 15) is 9.59 Å². The normalized spacial score (nSPS) is 21.3.